The zero-order chi connectivity index (χ0) is 12.3. The van der Waals surface area contributed by atoms with Gasteiger partial charge in [0.2, 0.25) is 0 Å². The van der Waals surface area contributed by atoms with Crippen LogP contribution >= 0.6 is 0 Å². The molecule has 0 saturated carbocycles. The lowest BCUT2D eigenvalue weighted by Gasteiger charge is -2.09. The summed E-state index contributed by atoms with van der Waals surface area (Å²) in [6.07, 6.45) is -1.93. The average molecular weight is 254 g/mol. The molecule has 0 aliphatic rings. The van der Waals surface area contributed by atoms with Crippen LogP contribution in [0.5, 0.6) is 0 Å². The summed E-state index contributed by atoms with van der Waals surface area (Å²) in [5, 5.41) is 4.56. The second-order valence-electron chi connectivity index (χ2n) is 3.03. The zero-order valence-corrected chi connectivity index (χ0v) is 8.77. The van der Waals surface area contributed by atoms with Crippen LogP contribution in [0.4, 0.5) is 13.2 Å². The standard InChI is InChI=1S/C8H9F3N2O2S/c9-5-1-2-6(7(10)3-5)8(11)4-13-16(12,14)15/h1-3,8,13H,4H2,(H2,12,14,15). The highest BCUT2D eigenvalue weighted by molar-refractivity contribution is 7.87. The summed E-state index contributed by atoms with van der Waals surface area (Å²) in [5.74, 6) is -1.92. The molecule has 0 heterocycles. The maximum Gasteiger partial charge on any atom is 0.274 e. The van der Waals surface area contributed by atoms with Crippen LogP contribution in [-0.4, -0.2) is 15.0 Å². The van der Waals surface area contributed by atoms with Crippen molar-refractivity contribution in [3.05, 3.63) is 35.4 Å². The van der Waals surface area contributed by atoms with Crippen LogP contribution in [0, 0.1) is 11.6 Å². The number of hydrogen-bond donors (Lipinski definition) is 2. The number of nitrogens with one attached hydrogen (secondary N) is 1. The predicted octanol–water partition coefficient (Wildman–Crippen LogP) is 0.768. The van der Waals surface area contributed by atoms with Gasteiger partial charge in [-0.3, -0.25) is 0 Å². The molecule has 0 saturated heterocycles. The van der Waals surface area contributed by atoms with Crippen LogP contribution in [0.3, 0.4) is 0 Å². The molecule has 4 nitrogen and oxygen atoms in total. The molecule has 1 rings (SSSR count). The SMILES string of the molecule is NS(=O)(=O)NCC(F)c1ccc(F)cc1F. The molecular formula is C8H9F3N2O2S. The molecule has 90 valence electrons. The molecule has 3 N–H and O–H groups in total. The third kappa shape index (κ3) is 3.80. The van der Waals surface area contributed by atoms with Gasteiger partial charge in [0.25, 0.3) is 10.2 Å². The van der Waals surface area contributed by atoms with Gasteiger partial charge < -0.3 is 0 Å². The van der Waals surface area contributed by atoms with Gasteiger partial charge in [-0.05, 0) is 6.07 Å². The predicted molar refractivity (Wildman–Crippen MR) is 51.3 cm³/mol. The van der Waals surface area contributed by atoms with Gasteiger partial charge in [-0.25, -0.2) is 18.3 Å². The van der Waals surface area contributed by atoms with Crippen molar-refractivity contribution in [3.8, 4) is 0 Å². The molecule has 1 unspecified atom stereocenters. The lowest BCUT2D eigenvalue weighted by molar-refractivity contribution is 0.331. The first-order valence-electron chi connectivity index (χ1n) is 4.16. The van der Waals surface area contributed by atoms with E-state index in [4.69, 9.17) is 0 Å². The fraction of sp³-hybridized carbons (Fsp3) is 0.250. The Morgan fingerprint density at radius 1 is 1.38 bits per heavy atom. The Bertz CT molecular complexity index is 478. The summed E-state index contributed by atoms with van der Waals surface area (Å²) in [5.41, 5.74) is -0.433. The summed E-state index contributed by atoms with van der Waals surface area (Å²) in [7, 11) is -4.03. The molecule has 1 atom stereocenters. The zero-order valence-electron chi connectivity index (χ0n) is 7.95. The molecular weight excluding hydrogens is 245 g/mol. The van der Waals surface area contributed by atoms with Crippen LogP contribution in [0.25, 0.3) is 0 Å². The Kier molecular flexibility index (Phi) is 3.89. The third-order valence-corrected chi connectivity index (χ3v) is 2.33. The Hall–Kier alpha value is -1.12. The van der Waals surface area contributed by atoms with Crippen molar-refractivity contribution < 1.29 is 21.6 Å². The Morgan fingerprint density at radius 2 is 2.00 bits per heavy atom. The van der Waals surface area contributed by atoms with Gasteiger partial charge in [0.05, 0.1) is 0 Å². The van der Waals surface area contributed by atoms with Crippen molar-refractivity contribution in [3.63, 3.8) is 0 Å². The minimum absolute atomic E-state index is 0.433. The van der Waals surface area contributed by atoms with Gasteiger partial charge in [0.1, 0.15) is 17.8 Å². The second-order valence-corrected chi connectivity index (χ2v) is 4.41. The summed E-state index contributed by atoms with van der Waals surface area (Å²) in [6, 6.07) is 2.29. The maximum atomic E-state index is 13.3. The lowest BCUT2D eigenvalue weighted by atomic mass is 10.1. The molecule has 0 fully saturated rings. The molecule has 1 aromatic rings. The first kappa shape index (κ1) is 12.9. The molecule has 0 bridgehead atoms. The number of rotatable bonds is 4. The summed E-state index contributed by atoms with van der Waals surface area (Å²) >= 11 is 0. The van der Waals surface area contributed by atoms with Crippen LogP contribution in [0.2, 0.25) is 0 Å². The van der Waals surface area contributed by atoms with E-state index < -0.39 is 40.1 Å². The van der Waals surface area contributed by atoms with Gasteiger partial charge in [-0.2, -0.15) is 13.1 Å². The second kappa shape index (κ2) is 4.81. The van der Waals surface area contributed by atoms with Crippen molar-refractivity contribution in [2.75, 3.05) is 6.54 Å². The smallest absolute Gasteiger partial charge is 0.241 e. The number of hydrogen-bond acceptors (Lipinski definition) is 2. The highest BCUT2D eigenvalue weighted by Gasteiger charge is 2.16. The van der Waals surface area contributed by atoms with E-state index in [-0.39, 0.29) is 0 Å². The minimum Gasteiger partial charge on any atom is -0.241 e. The van der Waals surface area contributed by atoms with E-state index in [1.54, 1.807) is 4.72 Å². The monoisotopic (exact) mass is 254 g/mol. The molecule has 0 radical (unpaired) electrons. The summed E-state index contributed by atoms with van der Waals surface area (Å²) < 4.78 is 61.4. The third-order valence-electron chi connectivity index (χ3n) is 1.76. The quantitative estimate of drug-likeness (QED) is 0.833. The highest BCUT2D eigenvalue weighted by atomic mass is 32.2. The molecule has 1 aromatic carbocycles. The normalized spacial score (nSPS) is 13.8. The van der Waals surface area contributed by atoms with Crippen LogP contribution in [-0.2, 0) is 10.2 Å². The molecule has 0 aliphatic carbocycles. The van der Waals surface area contributed by atoms with E-state index in [0.717, 1.165) is 12.1 Å². The molecule has 0 spiro atoms. The van der Waals surface area contributed by atoms with E-state index in [9.17, 15) is 21.6 Å². The fourth-order valence-corrected chi connectivity index (χ4v) is 1.43. The van der Waals surface area contributed by atoms with Crippen molar-refractivity contribution >= 4 is 10.2 Å². The topological polar surface area (TPSA) is 72.2 Å². The molecule has 0 aromatic heterocycles. The Morgan fingerprint density at radius 3 is 2.50 bits per heavy atom. The van der Waals surface area contributed by atoms with Crippen LogP contribution < -0.4 is 9.86 Å². The Balaban J connectivity index is 2.77. The van der Waals surface area contributed by atoms with Gasteiger partial charge in [0.15, 0.2) is 0 Å². The first-order chi connectivity index (χ1) is 7.29. The summed E-state index contributed by atoms with van der Waals surface area (Å²) in [6.45, 7) is -0.707. The molecule has 0 amide bonds. The van der Waals surface area contributed by atoms with Gasteiger partial charge in [0, 0.05) is 18.2 Å². The van der Waals surface area contributed by atoms with Crippen LogP contribution in [0.15, 0.2) is 18.2 Å². The van der Waals surface area contributed by atoms with Crippen molar-refractivity contribution in [2.24, 2.45) is 5.14 Å². The Labute approximate surface area is 90.4 Å². The highest BCUT2D eigenvalue weighted by Crippen LogP contribution is 2.20. The van der Waals surface area contributed by atoms with Crippen LogP contribution in [0.1, 0.15) is 11.7 Å². The van der Waals surface area contributed by atoms with E-state index in [2.05, 4.69) is 5.14 Å². The van der Waals surface area contributed by atoms with Gasteiger partial charge in [-0.1, -0.05) is 6.07 Å². The van der Waals surface area contributed by atoms with Crippen molar-refractivity contribution in [2.45, 2.75) is 6.17 Å². The first-order valence-corrected chi connectivity index (χ1v) is 5.70. The van der Waals surface area contributed by atoms with E-state index >= 15 is 0 Å². The van der Waals surface area contributed by atoms with E-state index in [0.29, 0.717) is 6.07 Å². The largest absolute Gasteiger partial charge is 0.274 e. The molecule has 16 heavy (non-hydrogen) atoms. The van der Waals surface area contributed by atoms with Crippen molar-refractivity contribution in [1.82, 2.24) is 4.72 Å². The number of benzene rings is 1. The van der Waals surface area contributed by atoms with Crippen molar-refractivity contribution in [1.29, 1.82) is 0 Å². The van der Waals surface area contributed by atoms with E-state index in [1.807, 2.05) is 0 Å². The minimum atomic E-state index is -4.03. The fourth-order valence-electron chi connectivity index (χ4n) is 1.05. The average Bonchev–Trinajstić information content (AvgIpc) is 2.13. The number of nitrogens with two attached hydrogens (primary N) is 1. The summed E-state index contributed by atoms with van der Waals surface area (Å²) in [4.78, 5) is 0. The van der Waals surface area contributed by atoms with Gasteiger partial charge in [-0.15, -0.1) is 0 Å². The van der Waals surface area contributed by atoms with E-state index in [1.165, 1.54) is 0 Å². The molecule has 8 heteroatoms. The van der Waals surface area contributed by atoms with Gasteiger partial charge >= 0.3 is 0 Å². The lowest BCUT2D eigenvalue weighted by Crippen LogP contribution is -2.33. The number of halogens is 3. The maximum absolute atomic E-state index is 13.3. The molecule has 0 aliphatic heterocycles. The number of alkyl halides is 1.